The smallest absolute Gasteiger partial charge is 0.231 e. The zero-order chi connectivity index (χ0) is 18.4. The molecule has 0 spiro atoms. The maximum Gasteiger partial charge on any atom is 0.231 e. The fourth-order valence-corrected chi connectivity index (χ4v) is 2.67. The number of nitrogens with one attached hydrogen (secondary N) is 1. The molecule has 0 fully saturated rings. The highest BCUT2D eigenvalue weighted by atomic mass is 16.5. The van der Waals surface area contributed by atoms with Gasteiger partial charge in [0.05, 0.1) is 12.5 Å². The van der Waals surface area contributed by atoms with Gasteiger partial charge in [-0.25, -0.2) is 0 Å². The molecule has 1 heterocycles. The molecule has 6 nitrogen and oxygen atoms in total. The lowest BCUT2D eigenvalue weighted by molar-refractivity contribution is -0.122. The number of rotatable bonds is 7. The molecule has 2 aromatic carbocycles. The molecular formula is C20H22N4O2. The maximum atomic E-state index is 12.2. The second-order valence-corrected chi connectivity index (χ2v) is 6.22. The van der Waals surface area contributed by atoms with Gasteiger partial charge in [0.1, 0.15) is 0 Å². The molecule has 3 N–H and O–H groups in total. The van der Waals surface area contributed by atoms with E-state index >= 15 is 0 Å². The number of nitrogens with two attached hydrogens (primary N) is 1. The molecule has 0 saturated heterocycles. The van der Waals surface area contributed by atoms with Crippen molar-refractivity contribution in [2.75, 3.05) is 0 Å². The van der Waals surface area contributed by atoms with Crippen molar-refractivity contribution in [3.8, 4) is 0 Å². The molecule has 0 bridgehead atoms. The molecule has 3 aromatic rings. The first-order valence-electron chi connectivity index (χ1n) is 8.58. The Morgan fingerprint density at radius 1 is 1.12 bits per heavy atom. The van der Waals surface area contributed by atoms with Crippen LogP contribution in [0.1, 0.15) is 48.3 Å². The Kier molecular flexibility index (Phi) is 5.76. The van der Waals surface area contributed by atoms with E-state index in [0.29, 0.717) is 18.1 Å². The van der Waals surface area contributed by atoms with Gasteiger partial charge in [0, 0.05) is 12.5 Å². The van der Waals surface area contributed by atoms with Crippen LogP contribution < -0.4 is 11.1 Å². The van der Waals surface area contributed by atoms with Gasteiger partial charge in [-0.15, -0.1) is 0 Å². The predicted molar refractivity (Wildman–Crippen MR) is 98.1 cm³/mol. The van der Waals surface area contributed by atoms with Crippen LogP contribution in [0.2, 0.25) is 0 Å². The molecule has 2 unspecified atom stereocenters. The lowest BCUT2D eigenvalue weighted by atomic mass is 10.0. The Labute approximate surface area is 152 Å². The lowest BCUT2D eigenvalue weighted by Gasteiger charge is -2.14. The van der Waals surface area contributed by atoms with Crippen molar-refractivity contribution >= 4 is 5.91 Å². The lowest BCUT2D eigenvalue weighted by Crippen LogP contribution is -2.30. The van der Waals surface area contributed by atoms with Gasteiger partial charge in [-0.2, -0.15) is 4.98 Å². The number of aromatic nitrogens is 2. The van der Waals surface area contributed by atoms with Crippen molar-refractivity contribution in [3.63, 3.8) is 0 Å². The van der Waals surface area contributed by atoms with Crippen molar-refractivity contribution in [2.45, 2.75) is 31.8 Å². The van der Waals surface area contributed by atoms with E-state index in [0.717, 1.165) is 11.1 Å². The third-order valence-corrected chi connectivity index (χ3v) is 4.08. The minimum atomic E-state index is -0.348. The van der Waals surface area contributed by atoms with Crippen LogP contribution in [0.15, 0.2) is 65.2 Å². The minimum Gasteiger partial charge on any atom is -0.346 e. The first-order valence-corrected chi connectivity index (χ1v) is 8.58. The van der Waals surface area contributed by atoms with Crippen molar-refractivity contribution in [1.82, 2.24) is 15.5 Å². The van der Waals surface area contributed by atoms with Crippen LogP contribution in [0.25, 0.3) is 0 Å². The maximum absolute atomic E-state index is 12.2. The number of carbonyl (C=O) groups excluding carboxylic acids is 1. The molecule has 1 amide bonds. The highest BCUT2D eigenvalue weighted by Gasteiger charge is 2.18. The van der Waals surface area contributed by atoms with Crippen LogP contribution in [0.4, 0.5) is 0 Å². The van der Waals surface area contributed by atoms with E-state index in [4.69, 9.17) is 10.3 Å². The third kappa shape index (κ3) is 4.77. The third-order valence-electron chi connectivity index (χ3n) is 4.08. The number of hydrogen-bond donors (Lipinski definition) is 2. The van der Waals surface area contributed by atoms with Gasteiger partial charge in [0.2, 0.25) is 11.8 Å². The quantitative estimate of drug-likeness (QED) is 0.683. The monoisotopic (exact) mass is 350 g/mol. The van der Waals surface area contributed by atoms with Crippen LogP contribution in [0.5, 0.6) is 0 Å². The first kappa shape index (κ1) is 17.8. The molecule has 0 aliphatic rings. The van der Waals surface area contributed by atoms with Gasteiger partial charge >= 0.3 is 0 Å². The molecule has 3 rings (SSSR count). The summed E-state index contributed by atoms with van der Waals surface area (Å²) in [6.45, 7) is 1.82. The molecule has 0 aliphatic heterocycles. The molecule has 26 heavy (non-hydrogen) atoms. The van der Waals surface area contributed by atoms with Crippen molar-refractivity contribution in [1.29, 1.82) is 0 Å². The number of benzene rings is 2. The summed E-state index contributed by atoms with van der Waals surface area (Å²) in [5, 5.41) is 6.84. The molecule has 2 atom stereocenters. The molecule has 134 valence electrons. The second kappa shape index (κ2) is 8.40. The first-order chi connectivity index (χ1) is 12.6. The summed E-state index contributed by atoms with van der Waals surface area (Å²) < 4.78 is 5.28. The average molecular weight is 350 g/mol. The average Bonchev–Trinajstić information content (AvgIpc) is 3.12. The van der Waals surface area contributed by atoms with Crippen LogP contribution in [0, 0.1) is 0 Å². The summed E-state index contributed by atoms with van der Waals surface area (Å²) in [5.41, 5.74) is 8.11. The Morgan fingerprint density at radius 2 is 1.77 bits per heavy atom. The molecular weight excluding hydrogens is 328 g/mol. The van der Waals surface area contributed by atoms with E-state index in [9.17, 15) is 4.79 Å². The largest absolute Gasteiger partial charge is 0.346 e. The minimum absolute atomic E-state index is 0.150. The Balaban J connectivity index is 1.54. The molecule has 1 aromatic heterocycles. The number of hydrogen-bond acceptors (Lipinski definition) is 5. The van der Waals surface area contributed by atoms with E-state index in [1.807, 2.05) is 67.6 Å². The van der Waals surface area contributed by atoms with E-state index in [1.165, 1.54) is 0 Å². The van der Waals surface area contributed by atoms with Crippen molar-refractivity contribution in [2.24, 2.45) is 5.73 Å². The SMILES string of the molecule is CC(NC(=O)CC(N)c1ccccc1)c1noc(Cc2ccccc2)n1. The fraction of sp³-hybridized carbons (Fsp3) is 0.250. The van der Waals surface area contributed by atoms with E-state index < -0.39 is 0 Å². The van der Waals surface area contributed by atoms with Crippen LogP contribution in [0.3, 0.4) is 0 Å². The summed E-state index contributed by atoms with van der Waals surface area (Å²) in [5.74, 6) is 0.828. The van der Waals surface area contributed by atoms with Gasteiger partial charge in [-0.1, -0.05) is 65.8 Å². The standard InChI is InChI=1S/C20H22N4O2/c1-14(22-18(25)13-17(21)16-10-6-3-7-11-16)20-23-19(26-24-20)12-15-8-4-2-5-9-15/h2-11,14,17H,12-13,21H2,1H3,(H,22,25). The summed E-state index contributed by atoms with van der Waals surface area (Å²) in [4.78, 5) is 16.6. The van der Waals surface area contributed by atoms with Crippen LogP contribution in [-0.4, -0.2) is 16.0 Å². The molecule has 0 radical (unpaired) electrons. The summed E-state index contributed by atoms with van der Waals surface area (Å²) >= 11 is 0. The molecule has 0 saturated carbocycles. The Morgan fingerprint density at radius 3 is 2.46 bits per heavy atom. The molecule has 0 aliphatic carbocycles. The summed E-state index contributed by atoms with van der Waals surface area (Å²) in [6.07, 6.45) is 0.760. The Hall–Kier alpha value is -2.99. The van der Waals surface area contributed by atoms with E-state index in [2.05, 4.69) is 15.5 Å². The summed E-state index contributed by atoms with van der Waals surface area (Å²) in [6, 6.07) is 18.7. The zero-order valence-corrected chi connectivity index (χ0v) is 14.6. The van der Waals surface area contributed by atoms with Gasteiger partial charge in [0.25, 0.3) is 0 Å². The molecule has 6 heteroatoms. The normalized spacial score (nSPS) is 13.2. The number of carbonyl (C=O) groups is 1. The van der Waals surface area contributed by atoms with Gasteiger partial charge in [-0.3, -0.25) is 4.79 Å². The van der Waals surface area contributed by atoms with Crippen LogP contribution >= 0.6 is 0 Å². The van der Waals surface area contributed by atoms with E-state index in [1.54, 1.807) is 0 Å². The predicted octanol–water partition coefficient (Wildman–Crippen LogP) is 2.93. The summed E-state index contributed by atoms with van der Waals surface area (Å²) in [7, 11) is 0. The number of amides is 1. The zero-order valence-electron chi connectivity index (χ0n) is 14.6. The van der Waals surface area contributed by atoms with Crippen molar-refractivity contribution in [3.05, 3.63) is 83.5 Å². The Bertz CT molecular complexity index is 833. The van der Waals surface area contributed by atoms with Crippen molar-refractivity contribution < 1.29 is 9.32 Å². The fourth-order valence-electron chi connectivity index (χ4n) is 2.67. The van der Waals surface area contributed by atoms with Crippen LogP contribution in [-0.2, 0) is 11.2 Å². The van der Waals surface area contributed by atoms with Gasteiger partial charge < -0.3 is 15.6 Å². The van der Waals surface area contributed by atoms with Gasteiger partial charge in [-0.05, 0) is 18.1 Å². The highest BCUT2D eigenvalue weighted by Crippen LogP contribution is 2.15. The number of nitrogens with zero attached hydrogens (tertiary/aromatic N) is 2. The second-order valence-electron chi connectivity index (χ2n) is 6.22. The topological polar surface area (TPSA) is 94.0 Å². The highest BCUT2D eigenvalue weighted by molar-refractivity contribution is 5.77. The van der Waals surface area contributed by atoms with E-state index in [-0.39, 0.29) is 24.4 Å². The van der Waals surface area contributed by atoms with Gasteiger partial charge in [0.15, 0.2) is 5.82 Å².